The normalized spacial score (nSPS) is 29.8. The predicted molar refractivity (Wildman–Crippen MR) is 46.0 cm³/mol. The fourth-order valence-electron chi connectivity index (χ4n) is 1.76. The van der Waals surface area contributed by atoms with Gasteiger partial charge >= 0.3 is 6.09 Å². The van der Waals surface area contributed by atoms with Crippen LogP contribution in [-0.4, -0.2) is 35.2 Å². The topological polar surface area (TPSA) is 66.6 Å². The van der Waals surface area contributed by atoms with Crippen LogP contribution in [0.2, 0.25) is 0 Å². The first kappa shape index (κ1) is 9.32. The maximum absolute atomic E-state index is 10.6. The van der Waals surface area contributed by atoms with E-state index in [1.807, 2.05) is 0 Å². The monoisotopic (exact) mass is 172 g/mol. The zero-order chi connectivity index (χ0) is 9.14. The van der Waals surface area contributed by atoms with Crippen LogP contribution in [0.15, 0.2) is 0 Å². The molecule has 0 aliphatic heterocycles. The summed E-state index contributed by atoms with van der Waals surface area (Å²) in [6.07, 6.45) is 3.20. The van der Waals surface area contributed by atoms with Gasteiger partial charge in [-0.05, 0) is 12.8 Å². The minimum Gasteiger partial charge on any atom is -0.465 e. The van der Waals surface area contributed by atoms with E-state index in [0.717, 1.165) is 25.7 Å². The van der Waals surface area contributed by atoms with Gasteiger partial charge in [0.2, 0.25) is 0 Å². The molecule has 12 heavy (non-hydrogen) atoms. The Morgan fingerprint density at radius 2 is 2.08 bits per heavy atom. The summed E-state index contributed by atoms with van der Waals surface area (Å²) in [4.78, 5) is 12.0. The Balaban J connectivity index is 2.53. The highest BCUT2D eigenvalue weighted by atomic mass is 16.4. The van der Waals surface area contributed by atoms with E-state index in [2.05, 4.69) is 0 Å². The Kier molecular flexibility index (Phi) is 2.92. The number of carbonyl (C=O) groups is 1. The van der Waals surface area contributed by atoms with Crippen LogP contribution < -0.4 is 5.73 Å². The van der Waals surface area contributed by atoms with E-state index in [4.69, 9.17) is 10.8 Å². The molecule has 0 aromatic rings. The first-order valence-corrected chi connectivity index (χ1v) is 4.34. The average molecular weight is 172 g/mol. The summed E-state index contributed by atoms with van der Waals surface area (Å²) in [7, 11) is 1.60. The molecule has 0 saturated heterocycles. The Morgan fingerprint density at radius 3 is 2.58 bits per heavy atom. The zero-order valence-electron chi connectivity index (χ0n) is 7.36. The van der Waals surface area contributed by atoms with Gasteiger partial charge in [0.05, 0.1) is 0 Å². The van der Waals surface area contributed by atoms with Gasteiger partial charge in [0.15, 0.2) is 0 Å². The standard InChI is InChI=1S/C8H16N2O2/c1-10(8(11)12)7-5-3-2-4-6(7)9/h6-7H,2-5,9H2,1H3,(H,11,12)/t6-,7+/m0/s1. The molecule has 1 aliphatic carbocycles. The van der Waals surface area contributed by atoms with Crippen molar-refractivity contribution >= 4 is 6.09 Å². The number of nitrogens with two attached hydrogens (primary N) is 1. The number of likely N-dealkylation sites (N-methyl/N-ethyl adjacent to an activating group) is 1. The zero-order valence-corrected chi connectivity index (χ0v) is 7.36. The number of carboxylic acid groups (broad SMARTS) is 1. The second kappa shape index (κ2) is 3.76. The highest BCUT2D eigenvalue weighted by Crippen LogP contribution is 2.20. The number of hydrogen-bond acceptors (Lipinski definition) is 2. The molecular formula is C8H16N2O2. The Hall–Kier alpha value is -0.770. The number of nitrogens with zero attached hydrogens (tertiary/aromatic N) is 1. The van der Waals surface area contributed by atoms with Crippen LogP contribution in [0.5, 0.6) is 0 Å². The van der Waals surface area contributed by atoms with Crippen LogP contribution in [0.3, 0.4) is 0 Å². The molecule has 1 aliphatic rings. The molecule has 0 spiro atoms. The van der Waals surface area contributed by atoms with Gasteiger partial charge < -0.3 is 15.7 Å². The Labute approximate surface area is 72.3 Å². The number of amides is 1. The lowest BCUT2D eigenvalue weighted by molar-refractivity contribution is 0.119. The van der Waals surface area contributed by atoms with Crippen LogP contribution >= 0.6 is 0 Å². The molecule has 1 amide bonds. The SMILES string of the molecule is CN(C(=O)O)[C@@H]1CCCC[C@@H]1N. The van der Waals surface area contributed by atoms with Gasteiger partial charge in [0, 0.05) is 19.1 Å². The molecule has 2 atom stereocenters. The van der Waals surface area contributed by atoms with Crippen molar-refractivity contribution in [2.45, 2.75) is 37.8 Å². The van der Waals surface area contributed by atoms with Gasteiger partial charge in [0.25, 0.3) is 0 Å². The highest BCUT2D eigenvalue weighted by Gasteiger charge is 2.27. The Morgan fingerprint density at radius 1 is 1.50 bits per heavy atom. The number of hydrogen-bond donors (Lipinski definition) is 2. The van der Waals surface area contributed by atoms with E-state index < -0.39 is 6.09 Å². The van der Waals surface area contributed by atoms with Gasteiger partial charge in [-0.2, -0.15) is 0 Å². The fraction of sp³-hybridized carbons (Fsp3) is 0.875. The first-order valence-electron chi connectivity index (χ1n) is 4.34. The lowest BCUT2D eigenvalue weighted by atomic mass is 9.90. The van der Waals surface area contributed by atoms with Crippen molar-refractivity contribution < 1.29 is 9.90 Å². The maximum atomic E-state index is 10.6. The van der Waals surface area contributed by atoms with Gasteiger partial charge in [-0.1, -0.05) is 12.8 Å². The predicted octanol–water partition coefficient (Wildman–Crippen LogP) is 0.866. The van der Waals surface area contributed by atoms with Gasteiger partial charge in [0.1, 0.15) is 0 Å². The third-order valence-electron chi connectivity index (χ3n) is 2.58. The summed E-state index contributed by atoms with van der Waals surface area (Å²) in [5.41, 5.74) is 5.81. The quantitative estimate of drug-likeness (QED) is 0.616. The summed E-state index contributed by atoms with van der Waals surface area (Å²) in [5, 5.41) is 8.72. The molecule has 0 radical (unpaired) electrons. The van der Waals surface area contributed by atoms with Crippen molar-refractivity contribution in [3.05, 3.63) is 0 Å². The van der Waals surface area contributed by atoms with Gasteiger partial charge in [-0.25, -0.2) is 4.79 Å². The molecule has 0 aromatic carbocycles. The second-order valence-electron chi connectivity index (χ2n) is 3.41. The summed E-state index contributed by atoms with van der Waals surface area (Å²) in [6.45, 7) is 0. The van der Waals surface area contributed by atoms with Crippen LogP contribution in [0.4, 0.5) is 4.79 Å². The van der Waals surface area contributed by atoms with Crippen molar-refractivity contribution in [2.75, 3.05) is 7.05 Å². The highest BCUT2D eigenvalue weighted by molar-refractivity contribution is 5.65. The van der Waals surface area contributed by atoms with Crippen molar-refractivity contribution in [1.29, 1.82) is 0 Å². The minimum absolute atomic E-state index is 0.0243. The average Bonchev–Trinajstić information content (AvgIpc) is 2.04. The van der Waals surface area contributed by atoms with Crippen molar-refractivity contribution in [3.8, 4) is 0 Å². The molecule has 0 unspecified atom stereocenters. The van der Waals surface area contributed by atoms with E-state index in [-0.39, 0.29) is 12.1 Å². The van der Waals surface area contributed by atoms with E-state index >= 15 is 0 Å². The number of rotatable bonds is 1. The molecule has 1 fully saturated rings. The summed E-state index contributed by atoms with van der Waals surface area (Å²) < 4.78 is 0. The van der Waals surface area contributed by atoms with E-state index in [1.165, 1.54) is 4.90 Å². The molecule has 0 heterocycles. The molecule has 1 saturated carbocycles. The molecular weight excluding hydrogens is 156 g/mol. The smallest absolute Gasteiger partial charge is 0.407 e. The molecule has 1 rings (SSSR count). The first-order chi connectivity index (χ1) is 5.63. The van der Waals surface area contributed by atoms with Crippen molar-refractivity contribution in [2.24, 2.45) is 5.73 Å². The summed E-state index contributed by atoms with van der Waals surface area (Å²) >= 11 is 0. The summed E-state index contributed by atoms with van der Waals surface area (Å²) in [6, 6.07) is 0.0519. The van der Waals surface area contributed by atoms with Crippen molar-refractivity contribution in [1.82, 2.24) is 4.90 Å². The third-order valence-corrected chi connectivity index (χ3v) is 2.58. The molecule has 4 heteroatoms. The fourth-order valence-corrected chi connectivity index (χ4v) is 1.76. The lowest BCUT2D eigenvalue weighted by Gasteiger charge is -2.34. The van der Waals surface area contributed by atoms with Gasteiger partial charge in [-0.15, -0.1) is 0 Å². The van der Waals surface area contributed by atoms with E-state index in [9.17, 15) is 4.79 Å². The van der Waals surface area contributed by atoms with Crippen molar-refractivity contribution in [3.63, 3.8) is 0 Å². The molecule has 4 nitrogen and oxygen atoms in total. The molecule has 3 N–H and O–H groups in total. The van der Waals surface area contributed by atoms with Crippen LogP contribution in [0.25, 0.3) is 0 Å². The van der Waals surface area contributed by atoms with Crippen LogP contribution in [0, 0.1) is 0 Å². The van der Waals surface area contributed by atoms with E-state index in [1.54, 1.807) is 7.05 Å². The van der Waals surface area contributed by atoms with E-state index in [0.29, 0.717) is 0 Å². The lowest BCUT2D eigenvalue weighted by Crippen LogP contribution is -2.49. The second-order valence-corrected chi connectivity index (χ2v) is 3.41. The maximum Gasteiger partial charge on any atom is 0.407 e. The largest absolute Gasteiger partial charge is 0.465 e. The third kappa shape index (κ3) is 1.88. The molecule has 70 valence electrons. The Bertz CT molecular complexity index is 172. The molecule has 0 bridgehead atoms. The van der Waals surface area contributed by atoms with Gasteiger partial charge in [-0.3, -0.25) is 0 Å². The minimum atomic E-state index is -0.877. The molecule has 0 aromatic heterocycles. The summed E-state index contributed by atoms with van der Waals surface area (Å²) in [5.74, 6) is 0. The van der Waals surface area contributed by atoms with Crippen LogP contribution in [0.1, 0.15) is 25.7 Å². The van der Waals surface area contributed by atoms with Crippen LogP contribution in [-0.2, 0) is 0 Å².